The number of rotatable bonds is 3. The van der Waals surface area contributed by atoms with Crippen molar-refractivity contribution in [2.45, 2.75) is 25.7 Å². The van der Waals surface area contributed by atoms with Crippen molar-refractivity contribution < 1.29 is 24.2 Å². The molecule has 0 aromatic heterocycles. The van der Waals surface area contributed by atoms with E-state index in [0.29, 0.717) is 5.57 Å². The van der Waals surface area contributed by atoms with E-state index in [2.05, 4.69) is 0 Å². The lowest BCUT2D eigenvalue weighted by Crippen LogP contribution is -2.45. The zero-order chi connectivity index (χ0) is 14.8. The number of ketones is 1. The van der Waals surface area contributed by atoms with Gasteiger partial charge in [0.15, 0.2) is 18.2 Å². The van der Waals surface area contributed by atoms with Gasteiger partial charge < -0.3 is 14.6 Å². The minimum atomic E-state index is -0.926. The van der Waals surface area contributed by atoms with E-state index in [0.717, 1.165) is 5.56 Å². The lowest BCUT2D eigenvalue weighted by molar-refractivity contribution is -0.246. The molecule has 106 valence electrons. The second-order valence-electron chi connectivity index (χ2n) is 5.02. The van der Waals surface area contributed by atoms with Gasteiger partial charge in [-0.1, -0.05) is 18.2 Å². The fourth-order valence-electron chi connectivity index (χ4n) is 1.93. The number of hydrogen-bond acceptors (Lipinski definition) is 5. The van der Waals surface area contributed by atoms with Crippen LogP contribution in [0.1, 0.15) is 19.4 Å². The molecule has 1 aromatic rings. The summed E-state index contributed by atoms with van der Waals surface area (Å²) in [6.45, 7) is 3.59. The molecule has 1 N–H and O–H groups in total. The van der Waals surface area contributed by atoms with E-state index in [9.17, 15) is 14.7 Å². The van der Waals surface area contributed by atoms with Crippen LogP contribution in [0.25, 0.3) is 6.08 Å². The molecule has 0 saturated carbocycles. The average Bonchev–Trinajstić information content (AvgIpc) is 2.42. The van der Waals surface area contributed by atoms with Crippen LogP contribution in [0, 0.1) is 0 Å². The summed E-state index contributed by atoms with van der Waals surface area (Å²) < 4.78 is 11.0. The second kappa shape index (κ2) is 5.56. The number of aromatic hydroxyl groups is 1. The molecule has 0 spiro atoms. The van der Waals surface area contributed by atoms with E-state index in [1.54, 1.807) is 32.1 Å². The first kappa shape index (κ1) is 14.4. The molecule has 1 unspecified atom stereocenters. The molecular weight excluding hydrogens is 260 g/mol. The molecule has 1 saturated heterocycles. The molecule has 1 atom stereocenters. The molecule has 0 aliphatic carbocycles. The first-order valence-corrected chi connectivity index (χ1v) is 6.21. The monoisotopic (exact) mass is 276 g/mol. The Balaban J connectivity index is 2.30. The minimum Gasteiger partial charge on any atom is -0.508 e. The van der Waals surface area contributed by atoms with Crippen molar-refractivity contribution in [2.24, 2.45) is 0 Å². The molecule has 1 aromatic carbocycles. The van der Waals surface area contributed by atoms with Gasteiger partial charge in [0.05, 0.1) is 6.61 Å². The van der Waals surface area contributed by atoms with E-state index < -0.39 is 17.7 Å². The van der Waals surface area contributed by atoms with Crippen LogP contribution in [0.4, 0.5) is 0 Å². The normalized spacial score (nSPS) is 23.5. The molecule has 1 fully saturated rings. The van der Waals surface area contributed by atoms with Crippen LogP contribution in [-0.2, 0) is 19.1 Å². The highest BCUT2D eigenvalue weighted by Crippen LogP contribution is 2.27. The minimum absolute atomic E-state index is 0.157. The van der Waals surface area contributed by atoms with Crippen molar-refractivity contribution in [3.63, 3.8) is 0 Å². The van der Waals surface area contributed by atoms with Gasteiger partial charge in [-0.25, -0.2) is 0 Å². The molecule has 0 bridgehead atoms. The largest absolute Gasteiger partial charge is 0.508 e. The summed E-state index contributed by atoms with van der Waals surface area (Å²) in [5.74, 6) is -1.38. The van der Waals surface area contributed by atoms with Gasteiger partial charge in [-0.05, 0) is 37.1 Å². The van der Waals surface area contributed by atoms with Crippen LogP contribution in [-0.4, -0.2) is 35.7 Å². The highest BCUT2D eigenvalue weighted by Gasteiger charge is 2.36. The lowest BCUT2D eigenvalue weighted by Gasteiger charge is -2.36. The van der Waals surface area contributed by atoms with Crippen molar-refractivity contribution in [2.75, 3.05) is 6.61 Å². The van der Waals surface area contributed by atoms with Crippen LogP contribution in [0.15, 0.2) is 29.8 Å². The average molecular weight is 276 g/mol. The first-order chi connectivity index (χ1) is 9.41. The van der Waals surface area contributed by atoms with E-state index in [1.165, 1.54) is 12.1 Å². The summed E-state index contributed by atoms with van der Waals surface area (Å²) in [5, 5.41) is 9.24. The van der Waals surface area contributed by atoms with Crippen molar-refractivity contribution in [1.29, 1.82) is 0 Å². The molecule has 0 radical (unpaired) electrons. The molecule has 1 aliphatic rings. The Labute approximate surface area is 116 Å². The fourth-order valence-corrected chi connectivity index (χ4v) is 1.93. The van der Waals surface area contributed by atoms with Gasteiger partial charge in [-0.3, -0.25) is 9.59 Å². The Morgan fingerprint density at radius 3 is 2.60 bits per heavy atom. The van der Waals surface area contributed by atoms with E-state index in [-0.39, 0.29) is 18.6 Å². The molecule has 2 rings (SSSR count). The van der Waals surface area contributed by atoms with Crippen LogP contribution in [0.3, 0.4) is 0 Å². The standard InChI is InChI=1S/C15H16O5/c1-15(2)19-9-11(14(20-15)13(18)8-16)7-10-3-5-12(17)6-4-10/h3-8,14,17H,9H2,1-2H3. The van der Waals surface area contributed by atoms with E-state index in [1.807, 2.05) is 0 Å². The number of phenolic OH excluding ortho intramolecular Hbond substituents is 1. The van der Waals surface area contributed by atoms with Gasteiger partial charge in [-0.2, -0.15) is 0 Å². The summed E-state index contributed by atoms with van der Waals surface area (Å²) in [4.78, 5) is 22.4. The highest BCUT2D eigenvalue weighted by atomic mass is 16.7. The van der Waals surface area contributed by atoms with Gasteiger partial charge in [0.1, 0.15) is 5.75 Å². The maximum absolute atomic E-state index is 11.7. The molecular formula is C15H16O5. The van der Waals surface area contributed by atoms with Crippen LogP contribution < -0.4 is 0 Å². The summed E-state index contributed by atoms with van der Waals surface area (Å²) in [6.07, 6.45) is 1.06. The van der Waals surface area contributed by atoms with Crippen LogP contribution >= 0.6 is 0 Å². The van der Waals surface area contributed by atoms with E-state index >= 15 is 0 Å². The predicted octanol–water partition coefficient (Wildman–Crippen LogP) is 1.70. The predicted molar refractivity (Wildman–Crippen MR) is 72.1 cm³/mol. The summed E-state index contributed by atoms with van der Waals surface area (Å²) in [6, 6.07) is 6.48. The Bertz CT molecular complexity index is 542. The second-order valence-corrected chi connectivity index (χ2v) is 5.02. The third kappa shape index (κ3) is 3.31. The molecule has 1 heterocycles. The maximum atomic E-state index is 11.7. The van der Waals surface area contributed by atoms with Crippen LogP contribution in [0.5, 0.6) is 5.75 Å². The van der Waals surface area contributed by atoms with Gasteiger partial charge in [-0.15, -0.1) is 0 Å². The number of aldehydes is 1. The topological polar surface area (TPSA) is 72.8 Å². The number of carbonyl (C=O) groups is 2. The summed E-state index contributed by atoms with van der Waals surface area (Å²) in [5.41, 5.74) is 1.36. The van der Waals surface area contributed by atoms with Gasteiger partial charge in [0.2, 0.25) is 5.78 Å². The number of ether oxygens (including phenoxy) is 2. The first-order valence-electron chi connectivity index (χ1n) is 6.21. The number of phenols is 1. The summed E-state index contributed by atoms with van der Waals surface area (Å²) in [7, 11) is 0. The summed E-state index contributed by atoms with van der Waals surface area (Å²) >= 11 is 0. The number of carbonyl (C=O) groups excluding carboxylic acids is 2. The van der Waals surface area contributed by atoms with Crippen molar-refractivity contribution in [1.82, 2.24) is 0 Å². The third-order valence-corrected chi connectivity index (χ3v) is 2.94. The van der Waals surface area contributed by atoms with Crippen molar-refractivity contribution >= 4 is 18.1 Å². The zero-order valence-electron chi connectivity index (χ0n) is 11.3. The zero-order valence-corrected chi connectivity index (χ0v) is 11.3. The van der Waals surface area contributed by atoms with Crippen LogP contribution in [0.2, 0.25) is 0 Å². The third-order valence-electron chi connectivity index (χ3n) is 2.94. The quantitative estimate of drug-likeness (QED) is 0.672. The Morgan fingerprint density at radius 2 is 2.00 bits per heavy atom. The molecule has 5 nitrogen and oxygen atoms in total. The molecule has 1 aliphatic heterocycles. The number of hydrogen-bond donors (Lipinski definition) is 1. The number of benzene rings is 1. The van der Waals surface area contributed by atoms with Gasteiger partial charge in [0, 0.05) is 0 Å². The maximum Gasteiger partial charge on any atom is 0.228 e. The van der Waals surface area contributed by atoms with E-state index in [4.69, 9.17) is 9.47 Å². The fraction of sp³-hybridized carbons (Fsp3) is 0.333. The molecule has 0 amide bonds. The smallest absolute Gasteiger partial charge is 0.228 e. The van der Waals surface area contributed by atoms with Crippen molar-refractivity contribution in [3.05, 3.63) is 35.4 Å². The lowest BCUT2D eigenvalue weighted by atomic mass is 10.0. The molecule has 5 heteroatoms. The Kier molecular flexibility index (Phi) is 4.01. The number of Topliss-reactive ketones (excluding diaryl/α,β-unsaturated/α-hetero) is 1. The SMILES string of the molecule is CC1(C)OCC(=Cc2ccc(O)cc2)C(C(=O)C=O)O1. The van der Waals surface area contributed by atoms with Gasteiger partial charge in [0.25, 0.3) is 0 Å². The Hall–Kier alpha value is -1.98. The molecule has 20 heavy (non-hydrogen) atoms. The highest BCUT2D eigenvalue weighted by molar-refractivity contribution is 6.28. The Morgan fingerprint density at radius 1 is 1.35 bits per heavy atom. The van der Waals surface area contributed by atoms with Gasteiger partial charge >= 0.3 is 0 Å². The van der Waals surface area contributed by atoms with Crippen molar-refractivity contribution in [3.8, 4) is 5.75 Å².